The lowest BCUT2D eigenvalue weighted by atomic mass is 9.91. The van der Waals surface area contributed by atoms with Gasteiger partial charge in [0, 0.05) is 24.6 Å². The number of carboxylic acid groups (broad SMARTS) is 1. The number of benzene rings is 1. The first-order chi connectivity index (χ1) is 12.0. The van der Waals surface area contributed by atoms with E-state index in [1.165, 1.54) is 30.3 Å². The quantitative estimate of drug-likeness (QED) is 0.843. The number of ether oxygens (including phenoxy) is 1. The molecule has 1 aromatic carbocycles. The first-order valence-corrected chi connectivity index (χ1v) is 7.70. The average Bonchev–Trinajstić information content (AvgIpc) is 3.23. The third kappa shape index (κ3) is 3.44. The summed E-state index contributed by atoms with van der Waals surface area (Å²) in [5, 5.41) is 19.4. The van der Waals surface area contributed by atoms with Gasteiger partial charge >= 0.3 is 5.97 Å². The SMILES string of the molecule is COc1ccc(C(=O)N2C[C@H](CC(=O)O)[C@H](c3cn[nH]n3)C2)cc1F. The molecule has 1 amide bonds. The maximum absolute atomic E-state index is 13.9. The summed E-state index contributed by atoms with van der Waals surface area (Å²) in [6.07, 6.45) is 1.44. The van der Waals surface area contributed by atoms with Crippen molar-refractivity contribution in [3.05, 3.63) is 41.5 Å². The van der Waals surface area contributed by atoms with E-state index in [0.717, 1.165) is 6.07 Å². The summed E-state index contributed by atoms with van der Waals surface area (Å²) in [6, 6.07) is 4.00. The molecule has 1 aliphatic heterocycles. The van der Waals surface area contributed by atoms with Crippen LogP contribution in [0.15, 0.2) is 24.4 Å². The number of H-pyrrole nitrogens is 1. The number of rotatable bonds is 5. The van der Waals surface area contributed by atoms with Crippen molar-refractivity contribution in [2.75, 3.05) is 20.2 Å². The predicted octanol–water partition coefficient (Wildman–Crippen LogP) is 1.28. The number of hydrogen-bond donors (Lipinski definition) is 2. The number of likely N-dealkylation sites (tertiary alicyclic amines) is 1. The molecule has 2 heterocycles. The zero-order chi connectivity index (χ0) is 18.0. The monoisotopic (exact) mass is 348 g/mol. The largest absolute Gasteiger partial charge is 0.494 e. The summed E-state index contributed by atoms with van der Waals surface area (Å²) in [5.74, 6) is -2.38. The minimum Gasteiger partial charge on any atom is -0.494 e. The number of hydrogen-bond acceptors (Lipinski definition) is 5. The molecule has 0 spiro atoms. The van der Waals surface area contributed by atoms with Crippen LogP contribution in [0.25, 0.3) is 0 Å². The van der Waals surface area contributed by atoms with Crippen molar-refractivity contribution in [3.8, 4) is 5.75 Å². The Kier molecular flexibility index (Phi) is 4.64. The van der Waals surface area contributed by atoms with E-state index in [1.54, 1.807) is 0 Å². The molecule has 0 aliphatic carbocycles. The van der Waals surface area contributed by atoms with Crippen molar-refractivity contribution in [2.24, 2.45) is 5.92 Å². The van der Waals surface area contributed by atoms with Crippen molar-refractivity contribution in [1.82, 2.24) is 20.3 Å². The van der Waals surface area contributed by atoms with Gasteiger partial charge in [0.2, 0.25) is 0 Å². The van der Waals surface area contributed by atoms with Crippen LogP contribution in [0.2, 0.25) is 0 Å². The van der Waals surface area contributed by atoms with E-state index in [0.29, 0.717) is 12.2 Å². The second-order valence-corrected chi connectivity index (χ2v) is 5.92. The van der Waals surface area contributed by atoms with Gasteiger partial charge in [0.15, 0.2) is 11.6 Å². The summed E-state index contributed by atoms with van der Waals surface area (Å²) in [6.45, 7) is 0.563. The van der Waals surface area contributed by atoms with Gasteiger partial charge in [-0.3, -0.25) is 9.59 Å². The second kappa shape index (κ2) is 6.88. The standard InChI is InChI=1S/C16H17FN4O4/c1-25-14-3-2-9(4-12(14)17)16(24)21-7-10(5-15(22)23)11(8-21)13-6-18-20-19-13/h2-4,6,10-11H,5,7-8H2,1H3,(H,22,23)(H,18,19,20)/t10-,11+/m0/s1. The van der Waals surface area contributed by atoms with Gasteiger partial charge in [-0.05, 0) is 24.1 Å². The lowest BCUT2D eigenvalue weighted by Gasteiger charge is -2.16. The van der Waals surface area contributed by atoms with E-state index in [4.69, 9.17) is 9.84 Å². The van der Waals surface area contributed by atoms with Gasteiger partial charge in [-0.15, -0.1) is 0 Å². The minimum absolute atomic E-state index is 0.0576. The van der Waals surface area contributed by atoms with Gasteiger partial charge in [0.05, 0.1) is 25.4 Å². The third-order valence-corrected chi connectivity index (χ3v) is 4.38. The molecule has 9 heteroatoms. The van der Waals surface area contributed by atoms with Crippen molar-refractivity contribution in [1.29, 1.82) is 0 Å². The highest BCUT2D eigenvalue weighted by Crippen LogP contribution is 2.34. The Balaban J connectivity index is 1.81. The van der Waals surface area contributed by atoms with E-state index in [-0.39, 0.29) is 42.0 Å². The number of methoxy groups -OCH3 is 1. The molecule has 0 bridgehead atoms. The Hall–Kier alpha value is -2.97. The van der Waals surface area contributed by atoms with Crippen LogP contribution in [0.3, 0.4) is 0 Å². The number of carbonyl (C=O) groups is 2. The zero-order valence-electron chi connectivity index (χ0n) is 13.5. The average molecular weight is 348 g/mol. The molecule has 2 atom stereocenters. The van der Waals surface area contributed by atoms with Crippen LogP contribution >= 0.6 is 0 Å². The molecular formula is C16H17FN4O4. The van der Waals surface area contributed by atoms with Crippen LogP contribution in [0.1, 0.15) is 28.4 Å². The molecule has 3 rings (SSSR count). The molecule has 2 aromatic rings. The fourth-order valence-corrected chi connectivity index (χ4v) is 3.17. The Morgan fingerprint density at radius 2 is 2.24 bits per heavy atom. The lowest BCUT2D eigenvalue weighted by Crippen LogP contribution is -2.29. The Morgan fingerprint density at radius 1 is 1.44 bits per heavy atom. The van der Waals surface area contributed by atoms with Crippen LogP contribution in [0.5, 0.6) is 5.75 Å². The molecule has 132 valence electrons. The number of nitrogens with one attached hydrogen (secondary N) is 1. The summed E-state index contributed by atoms with van der Waals surface area (Å²) >= 11 is 0. The molecular weight excluding hydrogens is 331 g/mol. The zero-order valence-corrected chi connectivity index (χ0v) is 13.5. The smallest absolute Gasteiger partial charge is 0.303 e. The molecule has 1 aliphatic rings. The Bertz CT molecular complexity index is 780. The number of halogens is 1. The normalized spacial score (nSPS) is 19.8. The first kappa shape index (κ1) is 16.9. The van der Waals surface area contributed by atoms with Crippen LogP contribution in [-0.2, 0) is 4.79 Å². The van der Waals surface area contributed by atoms with Crippen LogP contribution in [0, 0.1) is 11.7 Å². The molecule has 0 radical (unpaired) electrons. The molecule has 1 aromatic heterocycles. The lowest BCUT2D eigenvalue weighted by molar-refractivity contribution is -0.138. The van der Waals surface area contributed by atoms with E-state index in [9.17, 15) is 14.0 Å². The second-order valence-electron chi connectivity index (χ2n) is 5.92. The molecule has 0 saturated carbocycles. The van der Waals surface area contributed by atoms with Gasteiger partial charge in [-0.25, -0.2) is 4.39 Å². The van der Waals surface area contributed by atoms with E-state index < -0.39 is 11.8 Å². The predicted molar refractivity (Wildman–Crippen MR) is 83.7 cm³/mol. The summed E-state index contributed by atoms with van der Waals surface area (Å²) in [7, 11) is 1.35. The molecule has 8 nitrogen and oxygen atoms in total. The molecule has 1 saturated heterocycles. The number of amides is 1. The Labute approximate surface area is 142 Å². The van der Waals surface area contributed by atoms with Crippen molar-refractivity contribution in [2.45, 2.75) is 12.3 Å². The topological polar surface area (TPSA) is 108 Å². The molecule has 1 fully saturated rings. The molecule has 0 unspecified atom stereocenters. The van der Waals surface area contributed by atoms with E-state index in [1.807, 2.05) is 0 Å². The number of aromatic nitrogens is 3. The van der Waals surface area contributed by atoms with Crippen molar-refractivity contribution in [3.63, 3.8) is 0 Å². The van der Waals surface area contributed by atoms with Crippen LogP contribution in [0.4, 0.5) is 4.39 Å². The van der Waals surface area contributed by atoms with E-state index >= 15 is 0 Å². The van der Waals surface area contributed by atoms with Crippen LogP contribution < -0.4 is 4.74 Å². The van der Waals surface area contributed by atoms with Gasteiger partial charge in [-0.1, -0.05) is 0 Å². The van der Waals surface area contributed by atoms with Gasteiger partial charge in [0.25, 0.3) is 5.91 Å². The number of carbonyl (C=O) groups excluding carboxylic acids is 1. The van der Waals surface area contributed by atoms with Crippen molar-refractivity contribution >= 4 is 11.9 Å². The molecule has 2 N–H and O–H groups in total. The van der Waals surface area contributed by atoms with E-state index in [2.05, 4.69) is 15.4 Å². The number of carboxylic acids is 1. The van der Waals surface area contributed by atoms with Gasteiger partial charge < -0.3 is 14.7 Å². The summed E-state index contributed by atoms with van der Waals surface area (Å²) in [4.78, 5) is 25.3. The highest BCUT2D eigenvalue weighted by atomic mass is 19.1. The number of aliphatic carboxylic acids is 1. The fourth-order valence-electron chi connectivity index (χ4n) is 3.17. The van der Waals surface area contributed by atoms with Gasteiger partial charge in [0.1, 0.15) is 0 Å². The number of nitrogens with zero attached hydrogens (tertiary/aromatic N) is 3. The van der Waals surface area contributed by atoms with Crippen LogP contribution in [-0.4, -0.2) is 57.5 Å². The van der Waals surface area contributed by atoms with Crippen molar-refractivity contribution < 1.29 is 23.8 Å². The summed E-state index contributed by atoms with van der Waals surface area (Å²) < 4.78 is 18.7. The highest BCUT2D eigenvalue weighted by molar-refractivity contribution is 5.94. The summed E-state index contributed by atoms with van der Waals surface area (Å²) in [5.41, 5.74) is 0.802. The fraction of sp³-hybridized carbons (Fsp3) is 0.375. The first-order valence-electron chi connectivity index (χ1n) is 7.70. The number of aromatic amines is 1. The minimum atomic E-state index is -0.941. The van der Waals surface area contributed by atoms with Gasteiger partial charge in [-0.2, -0.15) is 15.4 Å². The maximum Gasteiger partial charge on any atom is 0.303 e. The highest BCUT2D eigenvalue weighted by Gasteiger charge is 2.39. The molecule has 25 heavy (non-hydrogen) atoms. The maximum atomic E-state index is 13.9. The Morgan fingerprint density at radius 3 is 2.84 bits per heavy atom. The third-order valence-electron chi connectivity index (χ3n) is 4.38.